The van der Waals surface area contributed by atoms with E-state index in [1.54, 1.807) is 0 Å². The van der Waals surface area contributed by atoms with Crippen molar-refractivity contribution in [2.45, 2.75) is 26.2 Å². The van der Waals surface area contributed by atoms with Gasteiger partial charge in [-0.3, -0.25) is 4.79 Å². The Morgan fingerprint density at radius 2 is 2.00 bits per heavy atom. The highest BCUT2D eigenvalue weighted by Crippen LogP contribution is 2.25. The fourth-order valence-corrected chi connectivity index (χ4v) is 2.78. The number of benzene rings is 1. The minimum atomic E-state index is -0.725. The molecule has 1 heterocycles. The maximum absolute atomic E-state index is 11.5. The molecule has 19 heavy (non-hydrogen) atoms. The molecular formula is C16H23NO2. The van der Waals surface area contributed by atoms with Gasteiger partial charge in [-0.25, -0.2) is 0 Å². The molecule has 1 aromatic carbocycles. The van der Waals surface area contributed by atoms with E-state index in [-0.39, 0.29) is 0 Å². The quantitative estimate of drug-likeness (QED) is 0.906. The largest absolute Gasteiger partial charge is 0.481 e. The van der Waals surface area contributed by atoms with Crippen LogP contribution in [0, 0.1) is 11.8 Å². The van der Waals surface area contributed by atoms with Crippen LogP contribution in [0.15, 0.2) is 30.3 Å². The number of nitrogens with zero attached hydrogens (tertiary/aromatic N) is 1. The van der Waals surface area contributed by atoms with Crippen LogP contribution >= 0.6 is 0 Å². The maximum atomic E-state index is 11.5. The second-order valence-electron chi connectivity index (χ2n) is 5.80. The number of carboxylic acid groups (broad SMARTS) is 1. The molecule has 3 heteroatoms. The first kappa shape index (κ1) is 14.1. The number of hydrogen-bond acceptors (Lipinski definition) is 2. The van der Waals surface area contributed by atoms with Gasteiger partial charge in [-0.1, -0.05) is 44.2 Å². The van der Waals surface area contributed by atoms with Crippen LogP contribution in [0.2, 0.25) is 0 Å². The molecule has 1 N–H and O–H groups in total. The van der Waals surface area contributed by atoms with Crippen LogP contribution in [0.25, 0.3) is 0 Å². The molecule has 0 aliphatic carbocycles. The average molecular weight is 261 g/mol. The monoisotopic (exact) mass is 261 g/mol. The lowest BCUT2D eigenvalue weighted by Crippen LogP contribution is -2.41. The van der Waals surface area contributed by atoms with E-state index >= 15 is 0 Å². The molecule has 3 unspecified atom stereocenters. The first-order valence-corrected chi connectivity index (χ1v) is 7.08. The number of hydrogen-bond donors (Lipinski definition) is 1. The van der Waals surface area contributed by atoms with E-state index in [2.05, 4.69) is 18.7 Å². The van der Waals surface area contributed by atoms with Gasteiger partial charge in [0.05, 0.1) is 5.92 Å². The van der Waals surface area contributed by atoms with Gasteiger partial charge in [-0.2, -0.15) is 0 Å². The van der Waals surface area contributed by atoms with Crippen molar-refractivity contribution >= 4 is 5.97 Å². The molecule has 2 rings (SSSR count). The van der Waals surface area contributed by atoms with Gasteiger partial charge in [0.15, 0.2) is 0 Å². The highest BCUT2D eigenvalue weighted by atomic mass is 16.4. The van der Waals surface area contributed by atoms with Crippen molar-refractivity contribution in [2.75, 3.05) is 19.6 Å². The predicted molar refractivity (Wildman–Crippen MR) is 76.2 cm³/mol. The normalized spacial score (nSPS) is 26.0. The molecule has 3 atom stereocenters. The van der Waals surface area contributed by atoms with E-state index < -0.39 is 11.9 Å². The summed E-state index contributed by atoms with van der Waals surface area (Å²) in [5.41, 5.74) is 0.904. The van der Waals surface area contributed by atoms with Crippen molar-refractivity contribution in [2.24, 2.45) is 11.8 Å². The van der Waals surface area contributed by atoms with Crippen molar-refractivity contribution in [3.63, 3.8) is 0 Å². The summed E-state index contributed by atoms with van der Waals surface area (Å²) in [4.78, 5) is 13.8. The molecular weight excluding hydrogens is 238 g/mol. The van der Waals surface area contributed by atoms with Gasteiger partial charge >= 0.3 is 5.97 Å². The van der Waals surface area contributed by atoms with E-state index in [0.29, 0.717) is 12.5 Å². The Bertz CT molecular complexity index is 418. The van der Waals surface area contributed by atoms with Gasteiger partial charge in [0.25, 0.3) is 0 Å². The average Bonchev–Trinajstić information content (AvgIpc) is 2.40. The molecule has 1 aliphatic rings. The third-order valence-corrected chi connectivity index (χ3v) is 4.36. The summed E-state index contributed by atoms with van der Waals surface area (Å²) in [7, 11) is 0. The summed E-state index contributed by atoms with van der Waals surface area (Å²) >= 11 is 0. The molecule has 1 saturated heterocycles. The van der Waals surface area contributed by atoms with Crippen LogP contribution in [0.5, 0.6) is 0 Å². The zero-order valence-electron chi connectivity index (χ0n) is 11.7. The summed E-state index contributed by atoms with van der Waals surface area (Å²) in [5, 5.41) is 9.45. The van der Waals surface area contributed by atoms with Crippen LogP contribution in [0.1, 0.15) is 31.7 Å². The third-order valence-electron chi connectivity index (χ3n) is 4.36. The molecule has 1 fully saturated rings. The van der Waals surface area contributed by atoms with Crippen LogP contribution in [-0.2, 0) is 4.79 Å². The zero-order chi connectivity index (χ0) is 13.8. The van der Waals surface area contributed by atoms with Crippen molar-refractivity contribution in [1.82, 2.24) is 4.90 Å². The Balaban J connectivity index is 2.04. The number of rotatable bonds is 4. The smallest absolute Gasteiger partial charge is 0.312 e. The van der Waals surface area contributed by atoms with Crippen LogP contribution in [0.3, 0.4) is 0 Å². The lowest BCUT2D eigenvalue weighted by Gasteiger charge is -2.36. The fraction of sp³-hybridized carbons (Fsp3) is 0.562. The summed E-state index contributed by atoms with van der Waals surface area (Å²) in [6, 6.07) is 9.56. The van der Waals surface area contributed by atoms with Crippen molar-refractivity contribution in [3.8, 4) is 0 Å². The molecule has 0 bridgehead atoms. The van der Waals surface area contributed by atoms with Gasteiger partial charge in [0.2, 0.25) is 0 Å². The highest BCUT2D eigenvalue weighted by Gasteiger charge is 2.27. The maximum Gasteiger partial charge on any atom is 0.312 e. The number of carboxylic acids is 1. The second-order valence-corrected chi connectivity index (χ2v) is 5.80. The van der Waals surface area contributed by atoms with Crippen molar-refractivity contribution < 1.29 is 9.90 Å². The molecule has 0 saturated carbocycles. The topological polar surface area (TPSA) is 40.5 Å². The third kappa shape index (κ3) is 3.57. The lowest BCUT2D eigenvalue weighted by atomic mass is 9.87. The minimum absolute atomic E-state index is 0.415. The summed E-state index contributed by atoms with van der Waals surface area (Å²) in [5.74, 6) is 0.259. The van der Waals surface area contributed by atoms with E-state index in [1.165, 1.54) is 6.42 Å². The van der Waals surface area contributed by atoms with Gasteiger partial charge in [-0.15, -0.1) is 0 Å². The summed E-state index contributed by atoms with van der Waals surface area (Å²) in [6.07, 6.45) is 1.17. The van der Waals surface area contributed by atoms with Gasteiger partial charge in [-0.05, 0) is 30.4 Å². The molecule has 0 spiro atoms. The number of carbonyl (C=O) groups is 1. The molecule has 104 valence electrons. The van der Waals surface area contributed by atoms with E-state index in [1.807, 2.05) is 30.3 Å². The van der Waals surface area contributed by atoms with E-state index in [0.717, 1.165) is 24.6 Å². The Hall–Kier alpha value is -1.35. The van der Waals surface area contributed by atoms with Crippen LogP contribution in [-0.4, -0.2) is 35.6 Å². The minimum Gasteiger partial charge on any atom is -0.481 e. The Morgan fingerprint density at radius 3 is 2.58 bits per heavy atom. The SMILES string of the molecule is CC1CCN(CC(C(=O)O)c2ccccc2)CC1C. The van der Waals surface area contributed by atoms with Crippen molar-refractivity contribution in [1.29, 1.82) is 0 Å². The Morgan fingerprint density at radius 1 is 1.32 bits per heavy atom. The Kier molecular flexibility index (Phi) is 4.59. The molecule has 0 aromatic heterocycles. The first-order chi connectivity index (χ1) is 9.08. The lowest BCUT2D eigenvalue weighted by molar-refractivity contribution is -0.139. The zero-order valence-corrected chi connectivity index (χ0v) is 11.7. The molecule has 0 radical (unpaired) electrons. The van der Waals surface area contributed by atoms with Gasteiger partial charge in [0, 0.05) is 13.1 Å². The van der Waals surface area contributed by atoms with Crippen molar-refractivity contribution in [3.05, 3.63) is 35.9 Å². The summed E-state index contributed by atoms with van der Waals surface area (Å²) < 4.78 is 0. The second kappa shape index (κ2) is 6.20. The Labute approximate surface area is 115 Å². The van der Waals surface area contributed by atoms with Crippen LogP contribution < -0.4 is 0 Å². The van der Waals surface area contributed by atoms with E-state index in [4.69, 9.17) is 0 Å². The highest BCUT2D eigenvalue weighted by molar-refractivity contribution is 5.76. The van der Waals surface area contributed by atoms with Crippen LogP contribution in [0.4, 0.5) is 0 Å². The van der Waals surface area contributed by atoms with Gasteiger partial charge in [0.1, 0.15) is 0 Å². The fourth-order valence-electron chi connectivity index (χ4n) is 2.78. The molecule has 0 amide bonds. The predicted octanol–water partition coefficient (Wildman–Crippen LogP) is 2.83. The number of piperidine rings is 1. The number of likely N-dealkylation sites (tertiary alicyclic amines) is 1. The first-order valence-electron chi connectivity index (χ1n) is 7.08. The standard InChI is InChI=1S/C16H23NO2/c1-12-8-9-17(10-13(12)2)11-15(16(18)19)14-6-4-3-5-7-14/h3-7,12-13,15H,8-11H2,1-2H3,(H,18,19). The molecule has 3 nitrogen and oxygen atoms in total. The van der Waals surface area contributed by atoms with Gasteiger partial charge < -0.3 is 10.0 Å². The molecule has 1 aromatic rings. The van der Waals surface area contributed by atoms with E-state index in [9.17, 15) is 9.90 Å². The number of aliphatic carboxylic acids is 1. The molecule has 1 aliphatic heterocycles. The summed E-state index contributed by atoms with van der Waals surface area (Å²) in [6.45, 7) is 7.19.